The second kappa shape index (κ2) is 4.33. The van der Waals surface area contributed by atoms with Crippen molar-refractivity contribution in [3.63, 3.8) is 0 Å². The average Bonchev–Trinajstić information content (AvgIpc) is 2.16. The van der Waals surface area contributed by atoms with E-state index in [0.29, 0.717) is 16.5 Å². The zero-order valence-electron chi connectivity index (χ0n) is 8.37. The van der Waals surface area contributed by atoms with E-state index in [9.17, 15) is 4.79 Å². The lowest BCUT2D eigenvalue weighted by molar-refractivity contribution is -0.116. The summed E-state index contributed by atoms with van der Waals surface area (Å²) in [6, 6.07) is 5.19. The molecule has 0 spiro atoms. The monoisotopic (exact) mass is 213 g/mol. The molecule has 0 bridgehead atoms. The zero-order chi connectivity index (χ0) is 10.7. The molecule has 1 aromatic carbocycles. The van der Waals surface area contributed by atoms with Gasteiger partial charge < -0.3 is 9.64 Å². The third-order valence-corrected chi connectivity index (χ3v) is 2.29. The molecule has 0 N–H and O–H groups in total. The number of amides is 1. The molecule has 14 heavy (non-hydrogen) atoms. The Morgan fingerprint density at radius 1 is 1.50 bits per heavy atom. The molecule has 0 aliphatic carbocycles. The van der Waals surface area contributed by atoms with Gasteiger partial charge >= 0.3 is 0 Å². The van der Waals surface area contributed by atoms with E-state index in [-0.39, 0.29) is 5.91 Å². The molecular formula is C10H12ClNO2. The summed E-state index contributed by atoms with van der Waals surface area (Å²) in [5.41, 5.74) is 0.681. The number of carbonyl (C=O) groups excluding carboxylic acids is 1. The van der Waals surface area contributed by atoms with Crippen LogP contribution in [-0.4, -0.2) is 20.1 Å². The number of rotatable bonds is 2. The maximum atomic E-state index is 11.1. The number of anilines is 1. The van der Waals surface area contributed by atoms with E-state index in [1.807, 2.05) is 0 Å². The Bertz CT molecular complexity index is 352. The SMILES string of the molecule is COc1ccc(N(C)C(C)=O)c(Cl)c1. The molecule has 4 heteroatoms. The van der Waals surface area contributed by atoms with E-state index in [1.165, 1.54) is 11.8 Å². The van der Waals surface area contributed by atoms with Crippen molar-refractivity contribution >= 4 is 23.2 Å². The van der Waals surface area contributed by atoms with Crippen molar-refractivity contribution in [2.45, 2.75) is 6.92 Å². The molecule has 1 rings (SSSR count). The minimum Gasteiger partial charge on any atom is -0.497 e. The highest BCUT2D eigenvalue weighted by Gasteiger charge is 2.09. The molecule has 0 saturated heterocycles. The van der Waals surface area contributed by atoms with E-state index >= 15 is 0 Å². The number of carbonyl (C=O) groups is 1. The predicted molar refractivity (Wildman–Crippen MR) is 57.1 cm³/mol. The van der Waals surface area contributed by atoms with Crippen molar-refractivity contribution in [2.24, 2.45) is 0 Å². The lowest BCUT2D eigenvalue weighted by atomic mass is 10.3. The molecule has 0 aliphatic heterocycles. The van der Waals surface area contributed by atoms with Crippen LogP contribution in [0.15, 0.2) is 18.2 Å². The second-order valence-electron chi connectivity index (χ2n) is 2.90. The van der Waals surface area contributed by atoms with Gasteiger partial charge in [-0.2, -0.15) is 0 Å². The molecule has 0 aliphatic rings. The minimum atomic E-state index is -0.0583. The van der Waals surface area contributed by atoms with Gasteiger partial charge in [0.2, 0.25) is 5.91 Å². The number of methoxy groups -OCH3 is 1. The molecule has 0 saturated carbocycles. The fraction of sp³-hybridized carbons (Fsp3) is 0.300. The van der Waals surface area contributed by atoms with Crippen LogP contribution in [0, 0.1) is 0 Å². The molecule has 0 heterocycles. The van der Waals surface area contributed by atoms with Crippen LogP contribution in [0.2, 0.25) is 5.02 Å². The minimum absolute atomic E-state index is 0.0583. The van der Waals surface area contributed by atoms with Crippen LogP contribution in [-0.2, 0) is 4.79 Å². The summed E-state index contributed by atoms with van der Waals surface area (Å²) in [6.07, 6.45) is 0. The van der Waals surface area contributed by atoms with E-state index < -0.39 is 0 Å². The van der Waals surface area contributed by atoms with Crippen LogP contribution in [0.25, 0.3) is 0 Å². The molecule has 1 aromatic rings. The van der Waals surface area contributed by atoms with Crippen molar-refractivity contribution < 1.29 is 9.53 Å². The first-order chi connectivity index (χ1) is 6.56. The number of benzene rings is 1. The Labute approximate surface area is 88.2 Å². The van der Waals surface area contributed by atoms with Gasteiger partial charge in [0.25, 0.3) is 0 Å². The molecule has 0 radical (unpaired) electrons. The Balaban J connectivity index is 3.05. The second-order valence-corrected chi connectivity index (χ2v) is 3.30. The number of halogens is 1. The lowest BCUT2D eigenvalue weighted by Crippen LogP contribution is -2.22. The van der Waals surface area contributed by atoms with Gasteiger partial charge in [0.15, 0.2) is 0 Å². The Hall–Kier alpha value is -1.22. The first-order valence-electron chi connectivity index (χ1n) is 4.14. The van der Waals surface area contributed by atoms with Crippen LogP contribution in [0.5, 0.6) is 5.75 Å². The van der Waals surface area contributed by atoms with Gasteiger partial charge in [0.05, 0.1) is 17.8 Å². The number of ether oxygens (including phenoxy) is 1. The highest BCUT2D eigenvalue weighted by Crippen LogP contribution is 2.28. The zero-order valence-corrected chi connectivity index (χ0v) is 9.13. The number of hydrogen-bond donors (Lipinski definition) is 0. The predicted octanol–water partition coefficient (Wildman–Crippen LogP) is 2.33. The van der Waals surface area contributed by atoms with E-state index in [4.69, 9.17) is 16.3 Å². The molecule has 76 valence electrons. The lowest BCUT2D eigenvalue weighted by Gasteiger charge is -2.16. The summed E-state index contributed by atoms with van der Waals surface area (Å²) in [5.74, 6) is 0.618. The van der Waals surface area contributed by atoms with E-state index in [2.05, 4.69) is 0 Å². The summed E-state index contributed by atoms with van der Waals surface area (Å²) in [6.45, 7) is 1.49. The molecule has 3 nitrogen and oxygen atoms in total. The number of hydrogen-bond acceptors (Lipinski definition) is 2. The molecule has 0 aromatic heterocycles. The third-order valence-electron chi connectivity index (χ3n) is 1.99. The van der Waals surface area contributed by atoms with E-state index in [0.717, 1.165) is 0 Å². The van der Waals surface area contributed by atoms with Crippen molar-refractivity contribution in [1.29, 1.82) is 0 Å². The van der Waals surface area contributed by atoms with Crippen molar-refractivity contribution in [3.05, 3.63) is 23.2 Å². The normalized spacial score (nSPS) is 9.71. The van der Waals surface area contributed by atoms with Gasteiger partial charge in [-0.3, -0.25) is 4.79 Å². The molecule has 0 unspecified atom stereocenters. The van der Waals surface area contributed by atoms with E-state index in [1.54, 1.807) is 32.4 Å². The molecule has 0 fully saturated rings. The van der Waals surface area contributed by atoms with Crippen molar-refractivity contribution in [3.8, 4) is 5.75 Å². The Morgan fingerprint density at radius 3 is 2.57 bits per heavy atom. The van der Waals surface area contributed by atoms with Crippen LogP contribution in [0.1, 0.15) is 6.92 Å². The van der Waals surface area contributed by atoms with Crippen LogP contribution in [0.4, 0.5) is 5.69 Å². The maximum Gasteiger partial charge on any atom is 0.223 e. The summed E-state index contributed by atoms with van der Waals surface area (Å²) in [4.78, 5) is 12.6. The van der Waals surface area contributed by atoms with Gasteiger partial charge in [-0.25, -0.2) is 0 Å². The van der Waals surface area contributed by atoms with Crippen LogP contribution in [0.3, 0.4) is 0 Å². The first-order valence-corrected chi connectivity index (χ1v) is 4.52. The summed E-state index contributed by atoms with van der Waals surface area (Å²) >= 11 is 5.97. The fourth-order valence-corrected chi connectivity index (χ4v) is 1.35. The van der Waals surface area contributed by atoms with Crippen molar-refractivity contribution in [2.75, 3.05) is 19.1 Å². The highest BCUT2D eigenvalue weighted by molar-refractivity contribution is 6.33. The smallest absolute Gasteiger partial charge is 0.223 e. The Kier molecular flexibility index (Phi) is 3.36. The van der Waals surface area contributed by atoms with Gasteiger partial charge in [-0.1, -0.05) is 11.6 Å². The first kappa shape index (κ1) is 10.9. The van der Waals surface area contributed by atoms with Gasteiger partial charge in [-0.15, -0.1) is 0 Å². The third kappa shape index (κ3) is 2.17. The summed E-state index contributed by atoms with van der Waals surface area (Å²) < 4.78 is 5.00. The topological polar surface area (TPSA) is 29.5 Å². The Morgan fingerprint density at radius 2 is 2.14 bits per heavy atom. The highest BCUT2D eigenvalue weighted by atomic mass is 35.5. The molecule has 1 amide bonds. The van der Waals surface area contributed by atoms with Gasteiger partial charge in [0.1, 0.15) is 5.75 Å². The van der Waals surface area contributed by atoms with Crippen molar-refractivity contribution in [1.82, 2.24) is 0 Å². The molecule has 0 atom stereocenters. The van der Waals surface area contributed by atoms with Gasteiger partial charge in [-0.05, 0) is 12.1 Å². The summed E-state index contributed by atoms with van der Waals surface area (Å²) in [7, 11) is 3.25. The quantitative estimate of drug-likeness (QED) is 0.755. The summed E-state index contributed by atoms with van der Waals surface area (Å²) in [5, 5.41) is 0.502. The fourth-order valence-electron chi connectivity index (χ4n) is 1.06. The van der Waals surface area contributed by atoms with Gasteiger partial charge in [0, 0.05) is 20.0 Å². The van der Waals surface area contributed by atoms with Crippen LogP contribution < -0.4 is 9.64 Å². The number of nitrogens with zero attached hydrogens (tertiary/aromatic N) is 1. The average molecular weight is 214 g/mol. The largest absolute Gasteiger partial charge is 0.497 e. The van der Waals surface area contributed by atoms with Crippen LogP contribution >= 0.6 is 11.6 Å². The molecular weight excluding hydrogens is 202 g/mol. The standard InChI is InChI=1S/C10H12ClNO2/c1-7(13)12(2)10-5-4-8(14-3)6-9(10)11/h4-6H,1-3H3. The maximum absolute atomic E-state index is 11.1.